The molecule has 0 spiro atoms. The first-order valence-electron chi connectivity index (χ1n) is 6.36. The molecule has 2 heterocycles. The van der Waals surface area contributed by atoms with Gasteiger partial charge in [-0.3, -0.25) is 9.88 Å². The molecule has 17 heavy (non-hydrogen) atoms. The maximum absolute atomic E-state index is 5.73. The molecule has 1 aliphatic heterocycles. The average Bonchev–Trinajstić information content (AvgIpc) is 2.76. The van der Waals surface area contributed by atoms with Crippen molar-refractivity contribution in [2.75, 3.05) is 13.1 Å². The lowest BCUT2D eigenvalue weighted by atomic mass is 9.82. The molecule has 1 fully saturated rings. The van der Waals surface area contributed by atoms with E-state index in [1.54, 1.807) is 12.4 Å². The Labute approximate surface area is 108 Å². The van der Waals surface area contributed by atoms with Gasteiger partial charge < -0.3 is 0 Å². The first-order chi connectivity index (χ1) is 8.17. The second-order valence-electron chi connectivity index (χ2n) is 5.00. The zero-order valence-electron chi connectivity index (χ0n) is 10.6. The van der Waals surface area contributed by atoms with Crippen LogP contribution in [0.4, 0.5) is 0 Å². The molecule has 0 aliphatic carbocycles. The van der Waals surface area contributed by atoms with Crippen molar-refractivity contribution in [1.29, 1.82) is 0 Å². The minimum atomic E-state index is 0.464. The van der Waals surface area contributed by atoms with Gasteiger partial charge in [-0.1, -0.05) is 25.4 Å². The molecule has 0 atom stereocenters. The topological polar surface area (TPSA) is 29.0 Å². The SMILES string of the molecule is CCC1(CC)CCN(Cc2cnc(Cl)cn2)C1. The first kappa shape index (κ1) is 12.8. The van der Waals surface area contributed by atoms with Gasteiger partial charge >= 0.3 is 0 Å². The van der Waals surface area contributed by atoms with Crippen LogP contribution in [0.25, 0.3) is 0 Å². The molecule has 0 radical (unpaired) electrons. The highest BCUT2D eigenvalue weighted by Crippen LogP contribution is 2.37. The molecule has 1 aromatic heterocycles. The van der Waals surface area contributed by atoms with Gasteiger partial charge in [0.1, 0.15) is 5.15 Å². The Morgan fingerprint density at radius 1 is 1.29 bits per heavy atom. The summed E-state index contributed by atoms with van der Waals surface area (Å²) in [6, 6.07) is 0. The van der Waals surface area contributed by atoms with E-state index in [1.165, 1.54) is 32.4 Å². The van der Waals surface area contributed by atoms with Crippen molar-refractivity contribution < 1.29 is 0 Å². The number of hydrogen-bond acceptors (Lipinski definition) is 3. The van der Waals surface area contributed by atoms with Crippen LogP contribution < -0.4 is 0 Å². The Hall–Kier alpha value is -0.670. The summed E-state index contributed by atoms with van der Waals surface area (Å²) in [4.78, 5) is 10.9. The minimum absolute atomic E-state index is 0.464. The van der Waals surface area contributed by atoms with Crippen LogP contribution in [0.15, 0.2) is 12.4 Å². The van der Waals surface area contributed by atoms with Crippen LogP contribution in [0.3, 0.4) is 0 Å². The van der Waals surface area contributed by atoms with E-state index in [0.29, 0.717) is 10.6 Å². The largest absolute Gasteiger partial charge is 0.297 e. The highest BCUT2D eigenvalue weighted by Gasteiger charge is 2.34. The number of hydrogen-bond donors (Lipinski definition) is 0. The van der Waals surface area contributed by atoms with Gasteiger partial charge in [0.15, 0.2) is 0 Å². The highest BCUT2D eigenvalue weighted by molar-refractivity contribution is 6.29. The van der Waals surface area contributed by atoms with E-state index in [1.807, 2.05) is 0 Å². The van der Waals surface area contributed by atoms with Crippen LogP contribution in [-0.4, -0.2) is 28.0 Å². The minimum Gasteiger partial charge on any atom is -0.297 e. The molecule has 0 N–H and O–H groups in total. The van der Waals surface area contributed by atoms with Gasteiger partial charge in [-0.05, 0) is 31.2 Å². The van der Waals surface area contributed by atoms with E-state index in [2.05, 4.69) is 28.7 Å². The molecule has 3 nitrogen and oxygen atoms in total. The second kappa shape index (κ2) is 5.32. The van der Waals surface area contributed by atoms with Crippen LogP contribution in [0.2, 0.25) is 5.15 Å². The zero-order valence-corrected chi connectivity index (χ0v) is 11.4. The van der Waals surface area contributed by atoms with E-state index in [0.717, 1.165) is 12.2 Å². The van der Waals surface area contributed by atoms with Crippen LogP contribution in [0.5, 0.6) is 0 Å². The predicted molar refractivity (Wildman–Crippen MR) is 70.0 cm³/mol. The molecule has 1 aliphatic rings. The van der Waals surface area contributed by atoms with Crippen molar-refractivity contribution in [2.45, 2.75) is 39.7 Å². The van der Waals surface area contributed by atoms with Gasteiger partial charge in [0.2, 0.25) is 0 Å². The maximum Gasteiger partial charge on any atom is 0.147 e. The monoisotopic (exact) mass is 253 g/mol. The fourth-order valence-corrected chi connectivity index (χ4v) is 2.74. The van der Waals surface area contributed by atoms with Crippen molar-refractivity contribution in [3.8, 4) is 0 Å². The first-order valence-corrected chi connectivity index (χ1v) is 6.74. The summed E-state index contributed by atoms with van der Waals surface area (Å²) in [5.41, 5.74) is 1.54. The number of nitrogens with zero attached hydrogens (tertiary/aromatic N) is 3. The van der Waals surface area contributed by atoms with Crippen LogP contribution in [0, 0.1) is 5.41 Å². The van der Waals surface area contributed by atoms with Crippen molar-refractivity contribution in [3.63, 3.8) is 0 Å². The predicted octanol–water partition coefficient (Wildman–Crippen LogP) is 3.14. The van der Waals surface area contributed by atoms with E-state index in [4.69, 9.17) is 11.6 Å². The molecule has 94 valence electrons. The van der Waals surface area contributed by atoms with Crippen molar-refractivity contribution in [1.82, 2.24) is 14.9 Å². The van der Waals surface area contributed by atoms with E-state index >= 15 is 0 Å². The molecule has 0 amide bonds. The Morgan fingerprint density at radius 2 is 2.06 bits per heavy atom. The number of halogens is 1. The van der Waals surface area contributed by atoms with Gasteiger partial charge in [-0.2, -0.15) is 0 Å². The molecule has 1 saturated heterocycles. The lowest BCUT2D eigenvalue weighted by Crippen LogP contribution is -2.26. The molecular formula is C13H20ClN3. The van der Waals surface area contributed by atoms with E-state index in [9.17, 15) is 0 Å². The smallest absolute Gasteiger partial charge is 0.147 e. The molecule has 0 aromatic carbocycles. The van der Waals surface area contributed by atoms with Crippen molar-refractivity contribution >= 4 is 11.6 Å². The molecular weight excluding hydrogens is 234 g/mol. The lowest BCUT2D eigenvalue weighted by Gasteiger charge is -2.26. The standard InChI is InChI=1S/C13H20ClN3/c1-3-13(4-2)5-6-17(10-13)9-11-7-16-12(14)8-15-11/h7-8H,3-6,9-10H2,1-2H3. The molecule has 4 heteroatoms. The highest BCUT2D eigenvalue weighted by atomic mass is 35.5. The molecule has 0 bridgehead atoms. The molecule has 2 rings (SSSR count). The lowest BCUT2D eigenvalue weighted by molar-refractivity contribution is 0.234. The third-order valence-electron chi connectivity index (χ3n) is 4.08. The van der Waals surface area contributed by atoms with Crippen molar-refractivity contribution in [3.05, 3.63) is 23.2 Å². The summed E-state index contributed by atoms with van der Waals surface area (Å²) in [5.74, 6) is 0. The summed E-state index contributed by atoms with van der Waals surface area (Å²) in [6.07, 6.45) is 7.25. The van der Waals surface area contributed by atoms with Gasteiger partial charge in [0, 0.05) is 13.1 Å². The number of rotatable bonds is 4. The summed E-state index contributed by atoms with van der Waals surface area (Å²) < 4.78 is 0. The third-order valence-corrected chi connectivity index (χ3v) is 4.27. The Morgan fingerprint density at radius 3 is 2.59 bits per heavy atom. The summed E-state index contributed by atoms with van der Waals surface area (Å²) in [7, 11) is 0. The fourth-order valence-electron chi connectivity index (χ4n) is 2.64. The number of aromatic nitrogens is 2. The summed E-state index contributed by atoms with van der Waals surface area (Å²) in [5, 5.41) is 0.464. The van der Waals surface area contributed by atoms with Gasteiger partial charge in [0.05, 0.1) is 18.1 Å². The van der Waals surface area contributed by atoms with Gasteiger partial charge in [-0.15, -0.1) is 0 Å². The quantitative estimate of drug-likeness (QED) is 0.826. The third kappa shape index (κ3) is 2.96. The van der Waals surface area contributed by atoms with Crippen LogP contribution >= 0.6 is 11.6 Å². The fraction of sp³-hybridized carbons (Fsp3) is 0.692. The Kier molecular flexibility index (Phi) is 4.00. The van der Waals surface area contributed by atoms with E-state index in [-0.39, 0.29) is 0 Å². The molecule has 0 saturated carbocycles. The number of likely N-dealkylation sites (tertiary alicyclic amines) is 1. The van der Waals surface area contributed by atoms with Gasteiger partial charge in [0.25, 0.3) is 0 Å². The normalized spacial score (nSPS) is 19.7. The Bertz CT molecular complexity index is 359. The Balaban J connectivity index is 1.95. The van der Waals surface area contributed by atoms with Crippen molar-refractivity contribution in [2.24, 2.45) is 5.41 Å². The second-order valence-corrected chi connectivity index (χ2v) is 5.39. The molecule has 1 aromatic rings. The summed E-state index contributed by atoms with van der Waals surface area (Å²) in [6.45, 7) is 7.85. The zero-order chi connectivity index (χ0) is 12.3. The maximum atomic E-state index is 5.73. The molecule has 0 unspecified atom stereocenters. The summed E-state index contributed by atoms with van der Waals surface area (Å²) >= 11 is 5.73. The van der Waals surface area contributed by atoms with Crippen LogP contribution in [0.1, 0.15) is 38.8 Å². The van der Waals surface area contributed by atoms with E-state index < -0.39 is 0 Å². The average molecular weight is 254 g/mol. The van der Waals surface area contributed by atoms with Gasteiger partial charge in [-0.25, -0.2) is 4.98 Å². The van der Waals surface area contributed by atoms with Crippen LogP contribution in [-0.2, 0) is 6.54 Å².